The number of aliphatic carboxylic acids is 2. The molecule has 0 saturated heterocycles. The number of carboxylic acid groups (broad SMARTS) is 2. The molecule has 0 fully saturated rings. The summed E-state index contributed by atoms with van der Waals surface area (Å²) in [7, 11) is 5.16. The number of carbonyl (C=O) groups is 2. The van der Waals surface area contributed by atoms with Crippen molar-refractivity contribution in [3.8, 4) is 0 Å². The summed E-state index contributed by atoms with van der Waals surface area (Å²) in [6.07, 6.45) is -1.46. The first-order valence-electron chi connectivity index (χ1n) is 5.06. The molecule has 100 valence electrons. The van der Waals surface area contributed by atoms with Gasteiger partial charge < -0.3 is 24.9 Å². The van der Waals surface area contributed by atoms with E-state index < -0.39 is 29.6 Å². The quantitative estimate of drug-likeness (QED) is 0.430. The lowest BCUT2D eigenvalue weighted by atomic mass is 9.84. The molecule has 3 unspecified atom stereocenters. The Morgan fingerprint density at radius 3 is 1.88 bits per heavy atom. The minimum Gasteiger partial charge on any atom is -0.481 e. The molecule has 0 aliphatic heterocycles. The van der Waals surface area contributed by atoms with Crippen LogP contribution >= 0.6 is 0 Å². The molecule has 0 rings (SSSR count). The maximum absolute atomic E-state index is 11.0. The summed E-state index contributed by atoms with van der Waals surface area (Å²) >= 11 is 0. The van der Waals surface area contributed by atoms with Gasteiger partial charge in [-0.1, -0.05) is 0 Å². The average Bonchev–Trinajstić information content (AvgIpc) is 1.97. The zero-order valence-electron chi connectivity index (χ0n) is 10.4. The maximum Gasteiger partial charge on any atom is 0.336 e. The molecule has 7 nitrogen and oxygen atoms in total. The minimum absolute atomic E-state index is 0.0143. The molecule has 4 N–H and O–H groups in total. The van der Waals surface area contributed by atoms with E-state index in [1.54, 1.807) is 21.1 Å². The van der Waals surface area contributed by atoms with Crippen molar-refractivity contribution >= 4 is 11.9 Å². The third-order valence-corrected chi connectivity index (χ3v) is 2.42. The van der Waals surface area contributed by atoms with Gasteiger partial charge in [-0.3, -0.25) is 4.79 Å². The molecule has 0 heterocycles. The summed E-state index contributed by atoms with van der Waals surface area (Å²) in [6, 6.07) is 0. The third-order valence-electron chi connectivity index (χ3n) is 2.42. The molecular weight excluding hydrogens is 230 g/mol. The topological polar surface area (TPSA) is 115 Å². The van der Waals surface area contributed by atoms with Crippen LogP contribution in [0.1, 0.15) is 6.92 Å². The van der Waals surface area contributed by atoms with Gasteiger partial charge in [0.05, 0.1) is 21.1 Å². The first-order valence-corrected chi connectivity index (χ1v) is 5.06. The standard InChI is InChI=1S/C10H19NO6/c1-10(17,9(15)16)7(8(13)14)6(12)5-11(2,3)4/h6-7,12,17H,5H2,1-4H3,(H-,13,14,15,16)/p+1. The van der Waals surface area contributed by atoms with Crippen molar-refractivity contribution in [2.24, 2.45) is 5.92 Å². The highest BCUT2D eigenvalue weighted by atomic mass is 16.4. The Hall–Kier alpha value is -1.18. The fourth-order valence-electron chi connectivity index (χ4n) is 1.58. The van der Waals surface area contributed by atoms with Crippen LogP contribution < -0.4 is 0 Å². The zero-order chi connectivity index (χ0) is 14.0. The average molecular weight is 250 g/mol. The Morgan fingerprint density at radius 1 is 1.24 bits per heavy atom. The molecule has 3 atom stereocenters. The van der Waals surface area contributed by atoms with Crippen molar-refractivity contribution in [3.63, 3.8) is 0 Å². The van der Waals surface area contributed by atoms with Crippen LogP contribution in [0.2, 0.25) is 0 Å². The number of rotatable bonds is 6. The van der Waals surface area contributed by atoms with Gasteiger partial charge >= 0.3 is 11.9 Å². The number of aliphatic hydroxyl groups is 2. The zero-order valence-corrected chi connectivity index (χ0v) is 10.4. The first kappa shape index (κ1) is 15.8. The third kappa shape index (κ3) is 4.29. The number of carboxylic acids is 2. The summed E-state index contributed by atoms with van der Waals surface area (Å²) < 4.78 is 0.251. The van der Waals surface area contributed by atoms with E-state index in [0.29, 0.717) is 0 Å². The monoisotopic (exact) mass is 250 g/mol. The number of quaternary nitrogens is 1. The van der Waals surface area contributed by atoms with Crippen molar-refractivity contribution in [3.05, 3.63) is 0 Å². The molecule has 17 heavy (non-hydrogen) atoms. The van der Waals surface area contributed by atoms with Gasteiger partial charge in [0.1, 0.15) is 18.6 Å². The number of nitrogens with zero attached hydrogens (tertiary/aromatic N) is 1. The van der Waals surface area contributed by atoms with Gasteiger partial charge in [-0.2, -0.15) is 0 Å². The number of likely N-dealkylation sites (N-methyl/N-ethyl adjacent to an activating group) is 1. The molecule has 0 spiro atoms. The summed E-state index contributed by atoms with van der Waals surface area (Å²) in [4.78, 5) is 21.8. The molecule has 0 aliphatic rings. The lowest BCUT2D eigenvalue weighted by Crippen LogP contribution is -2.56. The Morgan fingerprint density at radius 2 is 1.65 bits per heavy atom. The summed E-state index contributed by atoms with van der Waals surface area (Å²) in [5.41, 5.74) is -2.51. The normalized spacial score (nSPS) is 19.2. The first-order chi connectivity index (χ1) is 7.39. The summed E-state index contributed by atoms with van der Waals surface area (Å²) in [5, 5.41) is 37.1. The van der Waals surface area contributed by atoms with Crippen molar-refractivity contribution in [2.45, 2.75) is 18.6 Å². The van der Waals surface area contributed by atoms with Crippen molar-refractivity contribution < 1.29 is 34.5 Å². The molecular formula is C10H20NO6+. The SMILES string of the molecule is CC(O)(C(=O)O)C(C(=O)O)C(O)C[N+](C)(C)C. The summed E-state index contributed by atoms with van der Waals surface area (Å²) in [5.74, 6) is -5.00. The van der Waals surface area contributed by atoms with E-state index in [-0.39, 0.29) is 11.0 Å². The minimum atomic E-state index is -2.51. The van der Waals surface area contributed by atoms with Crippen LogP contribution in [0, 0.1) is 5.92 Å². The van der Waals surface area contributed by atoms with Crippen molar-refractivity contribution in [1.29, 1.82) is 0 Å². The van der Waals surface area contributed by atoms with E-state index >= 15 is 0 Å². The Bertz CT molecular complexity index is 306. The second-order valence-electron chi connectivity index (χ2n) is 5.31. The molecule has 0 aromatic carbocycles. The van der Waals surface area contributed by atoms with E-state index in [9.17, 15) is 19.8 Å². The van der Waals surface area contributed by atoms with Crippen LogP contribution in [-0.2, 0) is 9.59 Å². The fraction of sp³-hybridized carbons (Fsp3) is 0.800. The highest BCUT2D eigenvalue weighted by Crippen LogP contribution is 2.23. The van der Waals surface area contributed by atoms with Gasteiger partial charge in [-0.05, 0) is 6.92 Å². The van der Waals surface area contributed by atoms with Crippen LogP contribution in [0.3, 0.4) is 0 Å². The maximum atomic E-state index is 11.0. The smallest absolute Gasteiger partial charge is 0.336 e. The molecule has 0 aromatic heterocycles. The van der Waals surface area contributed by atoms with E-state index in [0.717, 1.165) is 6.92 Å². The molecule has 0 saturated carbocycles. The lowest BCUT2D eigenvalue weighted by Gasteiger charge is -2.33. The second kappa shape index (κ2) is 4.99. The highest BCUT2D eigenvalue weighted by Gasteiger charge is 2.49. The van der Waals surface area contributed by atoms with E-state index in [1.807, 2.05) is 0 Å². The highest BCUT2D eigenvalue weighted by molar-refractivity contribution is 5.85. The predicted octanol–water partition coefficient (Wildman–Crippen LogP) is -1.41. The predicted molar refractivity (Wildman–Crippen MR) is 58.3 cm³/mol. The largest absolute Gasteiger partial charge is 0.481 e. The van der Waals surface area contributed by atoms with E-state index in [4.69, 9.17) is 10.2 Å². The van der Waals surface area contributed by atoms with Crippen molar-refractivity contribution in [2.75, 3.05) is 27.7 Å². The number of hydrogen-bond donors (Lipinski definition) is 4. The van der Waals surface area contributed by atoms with Crippen LogP contribution in [0.4, 0.5) is 0 Å². The Labute approximate surface area is 99.5 Å². The van der Waals surface area contributed by atoms with Gasteiger partial charge in [-0.25, -0.2) is 4.79 Å². The lowest BCUT2D eigenvalue weighted by molar-refractivity contribution is -0.874. The van der Waals surface area contributed by atoms with Crippen LogP contribution in [0.15, 0.2) is 0 Å². The molecule has 0 aromatic rings. The van der Waals surface area contributed by atoms with Gasteiger partial charge in [0.15, 0.2) is 5.60 Å². The second-order valence-corrected chi connectivity index (χ2v) is 5.31. The Balaban J connectivity index is 5.13. The van der Waals surface area contributed by atoms with Crippen LogP contribution in [0.25, 0.3) is 0 Å². The van der Waals surface area contributed by atoms with E-state index in [1.165, 1.54) is 0 Å². The molecule has 0 aliphatic carbocycles. The fourth-order valence-corrected chi connectivity index (χ4v) is 1.58. The van der Waals surface area contributed by atoms with Gasteiger partial charge in [0.25, 0.3) is 0 Å². The van der Waals surface area contributed by atoms with Gasteiger partial charge in [0, 0.05) is 0 Å². The van der Waals surface area contributed by atoms with E-state index in [2.05, 4.69) is 0 Å². The summed E-state index contributed by atoms with van der Waals surface area (Å²) in [6.45, 7) is 0.882. The number of aliphatic hydroxyl groups excluding tert-OH is 1. The van der Waals surface area contributed by atoms with Crippen molar-refractivity contribution in [1.82, 2.24) is 0 Å². The molecule has 0 radical (unpaired) electrons. The van der Waals surface area contributed by atoms with Gasteiger partial charge in [0.2, 0.25) is 0 Å². The molecule has 0 amide bonds. The van der Waals surface area contributed by atoms with Crippen LogP contribution in [-0.4, -0.2) is 76.2 Å². The number of hydrogen-bond acceptors (Lipinski definition) is 4. The Kier molecular flexibility index (Phi) is 4.64. The van der Waals surface area contributed by atoms with Gasteiger partial charge in [-0.15, -0.1) is 0 Å². The molecule has 7 heteroatoms. The van der Waals surface area contributed by atoms with Crippen LogP contribution in [0.5, 0.6) is 0 Å². The molecule has 0 bridgehead atoms.